The minimum absolute atomic E-state index is 0.380. The van der Waals surface area contributed by atoms with Crippen molar-refractivity contribution in [3.05, 3.63) is 70.1 Å². The normalized spacial score (nSPS) is 16.6. The predicted octanol–water partition coefficient (Wildman–Crippen LogP) is 4.92. The van der Waals surface area contributed by atoms with Gasteiger partial charge in [-0.05, 0) is 42.2 Å². The zero-order chi connectivity index (χ0) is 16.8. The van der Waals surface area contributed by atoms with Gasteiger partial charge in [-0.2, -0.15) is 0 Å². The number of hydrogen-bond donors (Lipinski definition) is 1. The van der Waals surface area contributed by atoms with E-state index in [1.807, 2.05) is 18.2 Å². The molecular weight excluding hydrogens is 378 g/mol. The maximum Gasteiger partial charge on any atom is 0.172 e. The molecule has 0 bridgehead atoms. The lowest BCUT2D eigenvalue weighted by atomic mass is 10.1. The van der Waals surface area contributed by atoms with E-state index in [1.165, 1.54) is 11.1 Å². The van der Waals surface area contributed by atoms with Crippen LogP contribution in [0.25, 0.3) is 22.1 Å². The van der Waals surface area contributed by atoms with E-state index < -0.39 is 0 Å². The number of furan rings is 1. The average molecular weight is 394 g/mol. The van der Waals surface area contributed by atoms with Crippen molar-refractivity contribution in [1.82, 2.24) is 15.3 Å². The van der Waals surface area contributed by atoms with E-state index >= 15 is 0 Å². The highest BCUT2D eigenvalue weighted by molar-refractivity contribution is 9.10. The van der Waals surface area contributed by atoms with Gasteiger partial charge in [0.15, 0.2) is 5.58 Å². The molecule has 124 valence electrons. The lowest BCUT2D eigenvalue weighted by Gasteiger charge is -2.13. The van der Waals surface area contributed by atoms with Gasteiger partial charge >= 0.3 is 0 Å². The molecule has 1 atom stereocenters. The fourth-order valence-corrected chi connectivity index (χ4v) is 4.00. The maximum atomic E-state index is 5.82. The molecule has 0 saturated heterocycles. The summed E-state index contributed by atoms with van der Waals surface area (Å²) < 4.78 is 6.84. The maximum absolute atomic E-state index is 5.82. The summed E-state index contributed by atoms with van der Waals surface area (Å²) in [5.41, 5.74) is 5.28. The first-order valence-electron chi connectivity index (χ1n) is 8.43. The molecule has 2 aromatic carbocycles. The molecule has 1 aliphatic carbocycles. The molecule has 0 saturated carbocycles. The van der Waals surface area contributed by atoms with E-state index in [-0.39, 0.29) is 0 Å². The molecule has 0 amide bonds. The van der Waals surface area contributed by atoms with Gasteiger partial charge in [0, 0.05) is 15.9 Å². The van der Waals surface area contributed by atoms with Crippen LogP contribution in [0.5, 0.6) is 0 Å². The number of fused-ring (bicyclic) bond motifs is 4. The van der Waals surface area contributed by atoms with Gasteiger partial charge < -0.3 is 9.73 Å². The first-order valence-corrected chi connectivity index (χ1v) is 9.22. The van der Waals surface area contributed by atoms with Crippen molar-refractivity contribution in [2.24, 2.45) is 0 Å². The van der Waals surface area contributed by atoms with Crippen molar-refractivity contribution in [1.29, 1.82) is 0 Å². The Morgan fingerprint density at radius 3 is 3.04 bits per heavy atom. The lowest BCUT2D eigenvalue weighted by Crippen LogP contribution is -2.20. The summed E-state index contributed by atoms with van der Waals surface area (Å²) in [7, 11) is 0. The van der Waals surface area contributed by atoms with Crippen LogP contribution in [0.1, 0.15) is 29.4 Å². The molecular formula is C20H16BrN3O. The van der Waals surface area contributed by atoms with E-state index in [1.54, 1.807) is 6.20 Å². The third-order valence-corrected chi connectivity index (χ3v) is 5.35. The number of benzene rings is 2. The molecule has 2 aromatic heterocycles. The fourth-order valence-electron chi connectivity index (χ4n) is 3.64. The number of aryl methyl sites for hydroxylation is 1. The van der Waals surface area contributed by atoms with Crippen molar-refractivity contribution in [3.63, 3.8) is 0 Å². The number of nitrogens with zero attached hydrogens (tertiary/aromatic N) is 2. The Bertz CT molecular complexity index is 1090. The molecule has 4 nitrogen and oxygen atoms in total. The smallest absolute Gasteiger partial charge is 0.172 e. The SMILES string of the molecule is Brc1ccc2oc3cnc(CNC4CCc5ccccc54)nc3c2c1. The number of nitrogens with one attached hydrogen (secondary N) is 1. The Balaban J connectivity index is 1.44. The zero-order valence-electron chi connectivity index (χ0n) is 13.5. The molecule has 4 aromatic rings. The van der Waals surface area contributed by atoms with Crippen molar-refractivity contribution in [2.45, 2.75) is 25.4 Å². The van der Waals surface area contributed by atoms with Crippen molar-refractivity contribution in [3.8, 4) is 0 Å². The van der Waals surface area contributed by atoms with Crippen LogP contribution >= 0.6 is 15.9 Å². The predicted molar refractivity (Wildman–Crippen MR) is 101 cm³/mol. The molecule has 1 N–H and O–H groups in total. The Hall–Kier alpha value is -2.24. The van der Waals surface area contributed by atoms with Crippen LogP contribution in [0.15, 0.2) is 57.6 Å². The molecule has 0 aliphatic heterocycles. The summed E-state index contributed by atoms with van der Waals surface area (Å²) in [6, 6.07) is 15.0. The highest BCUT2D eigenvalue weighted by Crippen LogP contribution is 2.31. The van der Waals surface area contributed by atoms with Crippen LogP contribution < -0.4 is 5.32 Å². The van der Waals surface area contributed by atoms with Gasteiger partial charge in [0.25, 0.3) is 0 Å². The first-order chi connectivity index (χ1) is 12.3. The molecule has 5 heteroatoms. The highest BCUT2D eigenvalue weighted by Gasteiger charge is 2.21. The monoisotopic (exact) mass is 393 g/mol. The molecule has 1 aliphatic rings. The van der Waals surface area contributed by atoms with Gasteiger partial charge in [-0.3, -0.25) is 0 Å². The fraction of sp³-hybridized carbons (Fsp3) is 0.200. The molecule has 2 heterocycles. The Kier molecular flexibility index (Phi) is 3.57. The quantitative estimate of drug-likeness (QED) is 0.536. The lowest BCUT2D eigenvalue weighted by molar-refractivity contribution is 0.519. The van der Waals surface area contributed by atoms with Crippen LogP contribution in [0.3, 0.4) is 0 Å². The largest absolute Gasteiger partial charge is 0.453 e. The average Bonchev–Trinajstić information content (AvgIpc) is 3.21. The molecule has 5 rings (SSSR count). The van der Waals surface area contributed by atoms with E-state index in [9.17, 15) is 0 Å². The number of halogens is 1. The summed E-state index contributed by atoms with van der Waals surface area (Å²) >= 11 is 3.51. The van der Waals surface area contributed by atoms with Crippen molar-refractivity contribution < 1.29 is 4.42 Å². The van der Waals surface area contributed by atoms with Gasteiger partial charge in [0.05, 0.1) is 12.7 Å². The van der Waals surface area contributed by atoms with Gasteiger partial charge in [0.2, 0.25) is 0 Å². The Labute approximate surface area is 153 Å². The molecule has 1 unspecified atom stereocenters. The second-order valence-corrected chi connectivity index (χ2v) is 7.33. The third kappa shape index (κ3) is 2.64. The van der Waals surface area contributed by atoms with Gasteiger partial charge in [0.1, 0.15) is 16.9 Å². The summed E-state index contributed by atoms with van der Waals surface area (Å²) in [5.74, 6) is 0.791. The first kappa shape index (κ1) is 15.0. The summed E-state index contributed by atoms with van der Waals surface area (Å²) in [6.07, 6.45) is 4.03. The number of aromatic nitrogens is 2. The third-order valence-electron chi connectivity index (χ3n) is 4.86. The van der Waals surface area contributed by atoms with Crippen molar-refractivity contribution >= 4 is 38.0 Å². The summed E-state index contributed by atoms with van der Waals surface area (Å²) in [6.45, 7) is 0.648. The topological polar surface area (TPSA) is 51.0 Å². The second-order valence-electron chi connectivity index (χ2n) is 6.41. The molecule has 0 radical (unpaired) electrons. The second kappa shape index (κ2) is 5.93. The number of hydrogen-bond acceptors (Lipinski definition) is 4. The van der Waals surface area contributed by atoms with Gasteiger partial charge in [-0.1, -0.05) is 40.2 Å². The van der Waals surface area contributed by atoms with E-state index in [0.29, 0.717) is 12.6 Å². The summed E-state index contributed by atoms with van der Waals surface area (Å²) in [4.78, 5) is 9.20. The van der Waals surface area contributed by atoms with Crippen LogP contribution in [0.4, 0.5) is 0 Å². The van der Waals surface area contributed by atoms with E-state index in [2.05, 4.69) is 50.5 Å². The van der Waals surface area contributed by atoms with Gasteiger partial charge in [-0.15, -0.1) is 0 Å². The summed E-state index contributed by atoms with van der Waals surface area (Å²) in [5, 5.41) is 4.62. The highest BCUT2D eigenvalue weighted by atomic mass is 79.9. The van der Waals surface area contributed by atoms with E-state index in [4.69, 9.17) is 9.40 Å². The van der Waals surface area contributed by atoms with E-state index in [0.717, 1.165) is 45.2 Å². The molecule has 0 fully saturated rings. The Morgan fingerprint density at radius 1 is 1.16 bits per heavy atom. The zero-order valence-corrected chi connectivity index (χ0v) is 15.1. The molecule has 0 spiro atoms. The Morgan fingerprint density at radius 2 is 2.08 bits per heavy atom. The minimum Gasteiger partial charge on any atom is -0.453 e. The van der Waals surface area contributed by atoms with Crippen LogP contribution in [-0.4, -0.2) is 9.97 Å². The van der Waals surface area contributed by atoms with Crippen LogP contribution in [0, 0.1) is 0 Å². The van der Waals surface area contributed by atoms with Crippen molar-refractivity contribution in [2.75, 3.05) is 0 Å². The van der Waals surface area contributed by atoms with Crippen LogP contribution in [-0.2, 0) is 13.0 Å². The molecule has 25 heavy (non-hydrogen) atoms. The standard InChI is InChI=1S/C20H16BrN3O/c21-13-6-8-17-15(9-13)20-18(25-17)10-23-19(24-20)11-22-16-7-5-12-3-1-2-4-14(12)16/h1-4,6,8-10,16,22H,5,7,11H2. The number of rotatable bonds is 3. The van der Waals surface area contributed by atoms with Gasteiger partial charge in [-0.25, -0.2) is 9.97 Å². The van der Waals surface area contributed by atoms with Crippen LogP contribution in [0.2, 0.25) is 0 Å². The minimum atomic E-state index is 0.380.